The van der Waals surface area contributed by atoms with Crippen molar-refractivity contribution in [3.63, 3.8) is 0 Å². The SMILES string of the molecule is CCCCCCCC[C@@H](C)CCC(=O)OC. The molecule has 0 spiro atoms. The maximum Gasteiger partial charge on any atom is 0.305 e. The number of methoxy groups -OCH3 is 1. The fourth-order valence-corrected chi connectivity index (χ4v) is 1.88. The molecule has 0 saturated carbocycles. The van der Waals surface area contributed by atoms with Gasteiger partial charge in [0.15, 0.2) is 0 Å². The second kappa shape index (κ2) is 11.0. The maximum absolute atomic E-state index is 10.9. The van der Waals surface area contributed by atoms with Gasteiger partial charge in [0.25, 0.3) is 0 Å². The minimum Gasteiger partial charge on any atom is -0.469 e. The summed E-state index contributed by atoms with van der Waals surface area (Å²) in [5.74, 6) is 0.583. The molecule has 16 heavy (non-hydrogen) atoms. The number of rotatable bonds is 10. The number of carbonyl (C=O) groups excluding carboxylic acids is 1. The third kappa shape index (κ3) is 10.0. The summed E-state index contributed by atoms with van der Waals surface area (Å²) >= 11 is 0. The molecule has 0 saturated heterocycles. The van der Waals surface area contributed by atoms with E-state index in [-0.39, 0.29) is 5.97 Å². The number of hydrogen-bond acceptors (Lipinski definition) is 2. The minimum absolute atomic E-state index is 0.0743. The molecule has 0 rings (SSSR count). The van der Waals surface area contributed by atoms with Crippen molar-refractivity contribution in [3.8, 4) is 0 Å². The summed E-state index contributed by atoms with van der Waals surface area (Å²) in [4.78, 5) is 10.9. The number of esters is 1. The van der Waals surface area contributed by atoms with E-state index < -0.39 is 0 Å². The van der Waals surface area contributed by atoms with Crippen molar-refractivity contribution >= 4 is 5.97 Å². The van der Waals surface area contributed by atoms with E-state index in [1.54, 1.807) is 0 Å². The smallest absolute Gasteiger partial charge is 0.305 e. The van der Waals surface area contributed by atoms with Crippen molar-refractivity contribution in [3.05, 3.63) is 0 Å². The summed E-state index contributed by atoms with van der Waals surface area (Å²) in [6.07, 6.45) is 10.9. The highest BCUT2D eigenvalue weighted by atomic mass is 16.5. The lowest BCUT2D eigenvalue weighted by Crippen LogP contribution is -2.04. The molecule has 0 aliphatic carbocycles. The monoisotopic (exact) mass is 228 g/mol. The zero-order chi connectivity index (χ0) is 12.2. The van der Waals surface area contributed by atoms with Gasteiger partial charge in [0.1, 0.15) is 0 Å². The van der Waals surface area contributed by atoms with Crippen molar-refractivity contribution in [2.45, 2.75) is 71.6 Å². The molecule has 0 aromatic heterocycles. The molecule has 2 nitrogen and oxygen atoms in total. The van der Waals surface area contributed by atoms with E-state index >= 15 is 0 Å². The van der Waals surface area contributed by atoms with Crippen molar-refractivity contribution in [1.29, 1.82) is 0 Å². The highest BCUT2D eigenvalue weighted by Gasteiger charge is 2.06. The minimum atomic E-state index is -0.0743. The van der Waals surface area contributed by atoms with Crippen LogP contribution in [-0.4, -0.2) is 13.1 Å². The van der Waals surface area contributed by atoms with Gasteiger partial charge in [0.05, 0.1) is 7.11 Å². The van der Waals surface area contributed by atoms with Gasteiger partial charge in [0, 0.05) is 6.42 Å². The highest BCUT2D eigenvalue weighted by Crippen LogP contribution is 2.16. The molecular formula is C14H28O2. The van der Waals surface area contributed by atoms with Crippen LogP contribution < -0.4 is 0 Å². The molecule has 0 fully saturated rings. The van der Waals surface area contributed by atoms with Gasteiger partial charge < -0.3 is 4.74 Å². The molecule has 1 atom stereocenters. The molecule has 0 bridgehead atoms. The average Bonchev–Trinajstić information content (AvgIpc) is 2.30. The first kappa shape index (κ1) is 15.5. The van der Waals surface area contributed by atoms with Crippen LogP contribution in [0.2, 0.25) is 0 Å². The molecule has 0 aromatic carbocycles. The number of ether oxygens (including phenoxy) is 1. The van der Waals surface area contributed by atoms with E-state index in [9.17, 15) is 4.79 Å². The first-order valence-corrected chi connectivity index (χ1v) is 6.77. The third-order valence-electron chi connectivity index (χ3n) is 3.12. The van der Waals surface area contributed by atoms with Gasteiger partial charge in [-0.05, 0) is 12.3 Å². The zero-order valence-electron chi connectivity index (χ0n) is 11.3. The third-order valence-corrected chi connectivity index (χ3v) is 3.12. The first-order valence-electron chi connectivity index (χ1n) is 6.77. The molecule has 0 aromatic rings. The fourth-order valence-electron chi connectivity index (χ4n) is 1.88. The largest absolute Gasteiger partial charge is 0.469 e. The predicted molar refractivity (Wildman–Crippen MR) is 68.4 cm³/mol. The van der Waals surface area contributed by atoms with Crippen LogP contribution in [0.15, 0.2) is 0 Å². The molecule has 96 valence electrons. The predicted octanol–water partition coefficient (Wildman–Crippen LogP) is 4.33. The van der Waals surface area contributed by atoms with E-state index in [4.69, 9.17) is 0 Å². The Labute approximate surface area is 101 Å². The van der Waals surface area contributed by atoms with Crippen LogP contribution in [0.3, 0.4) is 0 Å². The summed E-state index contributed by atoms with van der Waals surface area (Å²) in [6.45, 7) is 4.48. The second-order valence-electron chi connectivity index (χ2n) is 4.78. The number of unbranched alkanes of at least 4 members (excludes halogenated alkanes) is 5. The first-order chi connectivity index (χ1) is 7.70. The molecule has 2 heteroatoms. The van der Waals surface area contributed by atoms with Gasteiger partial charge >= 0.3 is 5.97 Å². The Balaban J connectivity index is 3.23. The van der Waals surface area contributed by atoms with Crippen LogP contribution in [0.25, 0.3) is 0 Å². The van der Waals surface area contributed by atoms with E-state index in [0.29, 0.717) is 12.3 Å². The Hall–Kier alpha value is -0.530. The molecule has 0 N–H and O–H groups in total. The van der Waals surface area contributed by atoms with E-state index in [1.807, 2.05) is 0 Å². The molecular weight excluding hydrogens is 200 g/mol. The van der Waals surface area contributed by atoms with Gasteiger partial charge in [0.2, 0.25) is 0 Å². The quantitative estimate of drug-likeness (QED) is 0.411. The van der Waals surface area contributed by atoms with Crippen LogP contribution in [-0.2, 0) is 9.53 Å². The molecule has 0 heterocycles. The van der Waals surface area contributed by atoms with Crippen molar-refractivity contribution in [1.82, 2.24) is 0 Å². The van der Waals surface area contributed by atoms with Crippen molar-refractivity contribution in [2.75, 3.05) is 7.11 Å². The fraction of sp³-hybridized carbons (Fsp3) is 0.929. The van der Waals surface area contributed by atoms with E-state index in [1.165, 1.54) is 52.1 Å². The van der Waals surface area contributed by atoms with Crippen LogP contribution in [0.5, 0.6) is 0 Å². The average molecular weight is 228 g/mol. The highest BCUT2D eigenvalue weighted by molar-refractivity contribution is 5.69. The zero-order valence-corrected chi connectivity index (χ0v) is 11.3. The summed E-state index contributed by atoms with van der Waals surface area (Å²) in [5.41, 5.74) is 0. The van der Waals surface area contributed by atoms with Gasteiger partial charge in [-0.15, -0.1) is 0 Å². The lowest BCUT2D eigenvalue weighted by Gasteiger charge is -2.09. The van der Waals surface area contributed by atoms with Crippen molar-refractivity contribution in [2.24, 2.45) is 5.92 Å². The summed E-state index contributed by atoms with van der Waals surface area (Å²) in [7, 11) is 1.46. The van der Waals surface area contributed by atoms with Crippen LogP contribution in [0.1, 0.15) is 71.6 Å². The summed E-state index contributed by atoms with van der Waals surface area (Å²) in [5, 5.41) is 0. The number of carbonyl (C=O) groups is 1. The van der Waals surface area contributed by atoms with Crippen molar-refractivity contribution < 1.29 is 9.53 Å². The van der Waals surface area contributed by atoms with Gasteiger partial charge in [-0.25, -0.2) is 0 Å². The standard InChI is InChI=1S/C14H28O2/c1-4-5-6-7-8-9-10-13(2)11-12-14(15)16-3/h13H,4-12H2,1-3H3/t13-/m1/s1. The Bertz CT molecular complexity index is 166. The molecule has 0 amide bonds. The lowest BCUT2D eigenvalue weighted by molar-refractivity contribution is -0.140. The van der Waals surface area contributed by atoms with Gasteiger partial charge in [-0.1, -0.05) is 58.8 Å². The molecule has 0 aliphatic heterocycles. The Kier molecular flexibility index (Phi) is 10.6. The Morgan fingerprint density at radius 1 is 1.06 bits per heavy atom. The normalized spacial score (nSPS) is 12.4. The summed E-state index contributed by atoms with van der Waals surface area (Å²) in [6, 6.07) is 0. The van der Waals surface area contributed by atoms with E-state index in [2.05, 4.69) is 18.6 Å². The van der Waals surface area contributed by atoms with E-state index in [0.717, 1.165) is 6.42 Å². The second-order valence-corrected chi connectivity index (χ2v) is 4.78. The Morgan fingerprint density at radius 2 is 1.69 bits per heavy atom. The lowest BCUT2D eigenvalue weighted by atomic mass is 9.97. The molecule has 0 aliphatic rings. The van der Waals surface area contributed by atoms with Crippen LogP contribution >= 0.6 is 0 Å². The maximum atomic E-state index is 10.9. The molecule has 0 unspecified atom stereocenters. The molecule has 0 radical (unpaired) electrons. The van der Waals surface area contributed by atoms with Gasteiger partial charge in [-0.2, -0.15) is 0 Å². The topological polar surface area (TPSA) is 26.3 Å². The number of hydrogen-bond donors (Lipinski definition) is 0. The van der Waals surface area contributed by atoms with Crippen LogP contribution in [0.4, 0.5) is 0 Å². The summed E-state index contributed by atoms with van der Waals surface area (Å²) < 4.78 is 4.63. The van der Waals surface area contributed by atoms with Crippen LogP contribution in [0, 0.1) is 5.92 Å². The Morgan fingerprint density at radius 3 is 2.31 bits per heavy atom. The van der Waals surface area contributed by atoms with Gasteiger partial charge in [-0.3, -0.25) is 4.79 Å².